The van der Waals surface area contributed by atoms with Crippen LogP contribution in [0.25, 0.3) is 0 Å². The van der Waals surface area contributed by atoms with Crippen molar-refractivity contribution in [3.63, 3.8) is 0 Å². The molecule has 0 saturated heterocycles. The van der Waals surface area contributed by atoms with Gasteiger partial charge in [-0.3, -0.25) is 4.79 Å². The number of hydrogen-bond acceptors (Lipinski definition) is 2. The van der Waals surface area contributed by atoms with Crippen molar-refractivity contribution in [1.82, 2.24) is 4.98 Å². The summed E-state index contributed by atoms with van der Waals surface area (Å²) in [4.78, 5) is 13.1. The van der Waals surface area contributed by atoms with Crippen LogP contribution in [0.15, 0.2) is 10.9 Å². The summed E-state index contributed by atoms with van der Waals surface area (Å²) in [7, 11) is 0. The van der Waals surface area contributed by atoms with Crippen LogP contribution >= 0.6 is 11.6 Å². The number of nitrogens with two attached hydrogens (primary N) is 1. The van der Waals surface area contributed by atoms with Crippen molar-refractivity contribution in [1.29, 1.82) is 0 Å². The molecule has 0 fully saturated rings. The van der Waals surface area contributed by atoms with Gasteiger partial charge in [-0.1, -0.05) is 11.6 Å². The van der Waals surface area contributed by atoms with Crippen molar-refractivity contribution < 1.29 is 8.78 Å². The first-order valence-electron chi connectivity index (χ1n) is 3.46. The summed E-state index contributed by atoms with van der Waals surface area (Å²) in [5.74, 6) is 0. The molecule has 3 nitrogen and oxygen atoms in total. The summed E-state index contributed by atoms with van der Waals surface area (Å²) in [6.07, 6.45) is -2.76. The number of rotatable bonds is 2. The number of alkyl halides is 2. The molecule has 0 aliphatic heterocycles. The van der Waals surface area contributed by atoms with Crippen molar-refractivity contribution in [3.05, 3.63) is 32.7 Å². The van der Waals surface area contributed by atoms with E-state index < -0.39 is 17.5 Å². The van der Waals surface area contributed by atoms with Crippen molar-refractivity contribution >= 4 is 11.6 Å². The van der Waals surface area contributed by atoms with Crippen LogP contribution in [-0.2, 0) is 6.54 Å². The summed E-state index contributed by atoms with van der Waals surface area (Å²) in [6, 6.07) is 0.770. The molecular formula is C7H7ClF2N2O. The van der Waals surface area contributed by atoms with Crippen LogP contribution in [0.3, 0.4) is 0 Å². The average Bonchev–Trinajstić information content (AvgIpc) is 2.08. The molecule has 1 rings (SSSR count). The highest BCUT2D eigenvalue weighted by atomic mass is 35.5. The van der Waals surface area contributed by atoms with Crippen molar-refractivity contribution in [2.75, 3.05) is 0 Å². The second-order valence-electron chi connectivity index (χ2n) is 2.39. The largest absolute Gasteiger partial charge is 0.325 e. The van der Waals surface area contributed by atoms with Crippen LogP contribution in [-0.4, -0.2) is 4.98 Å². The van der Waals surface area contributed by atoms with Gasteiger partial charge in [0, 0.05) is 18.2 Å². The second kappa shape index (κ2) is 3.85. The van der Waals surface area contributed by atoms with Gasteiger partial charge in [0.1, 0.15) is 0 Å². The molecule has 0 atom stereocenters. The van der Waals surface area contributed by atoms with Gasteiger partial charge in [-0.05, 0) is 0 Å². The summed E-state index contributed by atoms with van der Waals surface area (Å²) < 4.78 is 24.5. The summed E-state index contributed by atoms with van der Waals surface area (Å²) >= 11 is 5.55. The highest BCUT2D eigenvalue weighted by molar-refractivity contribution is 6.32. The number of hydrogen-bond donors (Lipinski definition) is 2. The topological polar surface area (TPSA) is 58.9 Å². The number of H-pyrrole nitrogens is 1. The van der Waals surface area contributed by atoms with Gasteiger partial charge in [0.2, 0.25) is 5.56 Å². The van der Waals surface area contributed by atoms with Crippen LogP contribution < -0.4 is 11.3 Å². The highest BCUT2D eigenvalue weighted by Gasteiger charge is 2.15. The molecule has 1 aromatic rings. The lowest BCUT2D eigenvalue weighted by Crippen LogP contribution is -2.13. The molecule has 0 bridgehead atoms. The van der Waals surface area contributed by atoms with Gasteiger partial charge in [-0.25, -0.2) is 8.78 Å². The van der Waals surface area contributed by atoms with E-state index in [4.69, 9.17) is 17.3 Å². The number of halogens is 3. The Hall–Kier alpha value is -0.940. The molecule has 1 aromatic heterocycles. The first kappa shape index (κ1) is 10.1. The van der Waals surface area contributed by atoms with Crippen LogP contribution in [0.4, 0.5) is 8.78 Å². The maximum Gasteiger partial charge on any atom is 0.265 e. The number of pyridine rings is 1. The number of nitrogens with one attached hydrogen (secondary N) is 1. The molecule has 1 heterocycles. The lowest BCUT2D eigenvalue weighted by Gasteiger charge is -2.05. The lowest BCUT2D eigenvalue weighted by molar-refractivity contribution is 0.151. The third-order valence-electron chi connectivity index (χ3n) is 1.52. The van der Waals surface area contributed by atoms with Gasteiger partial charge in [0.25, 0.3) is 6.43 Å². The number of aromatic amines is 1. The van der Waals surface area contributed by atoms with E-state index in [9.17, 15) is 13.6 Å². The minimum absolute atomic E-state index is 0.0748. The SMILES string of the molecule is NCc1[nH]c(=O)cc(C(F)F)c1Cl. The normalized spacial score (nSPS) is 10.8. The molecule has 0 saturated carbocycles. The predicted octanol–water partition coefficient (Wildman–Crippen LogP) is 1.42. The molecule has 0 aliphatic rings. The van der Waals surface area contributed by atoms with Crippen LogP contribution in [0.1, 0.15) is 17.7 Å². The maximum absolute atomic E-state index is 12.2. The first-order chi connectivity index (χ1) is 6.06. The number of aromatic nitrogens is 1. The average molecular weight is 209 g/mol. The maximum atomic E-state index is 12.2. The summed E-state index contributed by atoms with van der Waals surface area (Å²) in [5.41, 5.74) is 4.21. The molecule has 0 spiro atoms. The monoisotopic (exact) mass is 208 g/mol. The van der Waals surface area contributed by atoms with Crippen LogP contribution in [0, 0.1) is 0 Å². The van der Waals surface area contributed by atoms with E-state index in [1.165, 1.54) is 0 Å². The Morgan fingerprint density at radius 2 is 2.23 bits per heavy atom. The van der Waals surface area contributed by atoms with Gasteiger partial charge in [0.15, 0.2) is 0 Å². The van der Waals surface area contributed by atoms with E-state index in [-0.39, 0.29) is 17.3 Å². The summed E-state index contributed by atoms with van der Waals surface area (Å²) in [6.45, 7) is -0.0748. The Bertz CT molecular complexity index is 364. The quantitative estimate of drug-likeness (QED) is 0.772. The Kier molecular flexibility index (Phi) is 3.00. The van der Waals surface area contributed by atoms with Crippen molar-refractivity contribution in [2.24, 2.45) is 5.73 Å². The molecule has 0 radical (unpaired) electrons. The summed E-state index contributed by atoms with van der Waals surface area (Å²) in [5, 5.41) is -0.169. The fourth-order valence-electron chi connectivity index (χ4n) is 0.918. The molecule has 6 heteroatoms. The Morgan fingerprint density at radius 1 is 1.62 bits per heavy atom. The van der Waals surface area contributed by atoms with Crippen molar-refractivity contribution in [2.45, 2.75) is 13.0 Å². The minimum Gasteiger partial charge on any atom is -0.325 e. The zero-order chi connectivity index (χ0) is 10.0. The first-order valence-corrected chi connectivity index (χ1v) is 3.84. The standard InChI is InChI=1S/C7H7ClF2N2O/c8-6-3(7(9)10)1-5(13)12-4(6)2-11/h1,7H,2,11H2,(H,12,13). The second-order valence-corrected chi connectivity index (χ2v) is 2.76. The molecule has 3 N–H and O–H groups in total. The predicted molar refractivity (Wildman–Crippen MR) is 44.9 cm³/mol. The van der Waals surface area contributed by atoms with Gasteiger partial charge >= 0.3 is 0 Å². The molecular weight excluding hydrogens is 202 g/mol. The minimum atomic E-state index is -2.76. The van der Waals surface area contributed by atoms with E-state index in [1.54, 1.807) is 0 Å². The van der Waals surface area contributed by atoms with Crippen LogP contribution in [0.2, 0.25) is 5.02 Å². The Labute approximate surface area is 77.5 Å². The third-order valence-corrected chi connectivity index (χ3v) is 1.96. The molecule has 0 aromatic carbocycles. The van der Waals surface area contributed by atoms with Gasteiger partial charge in [0.05, 0.1) is 10.7 Å². The Balaban J connectivity index is 3.36. The van der Waals surface area contributed by atoms with Crippen LogP contribution in [0.5, 0.6) is 0 Å². The van der Waals surface area contributed by atoms with Gasteiger partial charge in [-0.15, -0.1) is 0 Å². The van der Waals surface area contributed by atoms with Gasteiger partial charge < -0.3 is 10.7 Å². The highest BCUT2D eigenvalue weighted by Crippen LogP contribution is 2.26. The Morgan fingerprint density at radius 3 is 2.69 bits per heavy atom. The molecule has 72 valence electrons. The smallest absolute Gasteiger partial charge is 0.265 e. The van der Waals surface area contributed by atoms with E-state index in [0.717, 1.165) is 6.07 Å². The molecule has 0 unspecified atom stereocenters. The zero-order valence-corrected chi connectivity index (χ0v) is 7.24. The molecule has 13 heavy (non-hydrogen) atoms. The fourth-order valence-corrected chi connectivity index (χ4v) is 1.18. The van der Waals surface area contributed by atoms with E-state index in [1.807, 2.05) is 0 Å². The van der Waals surface area contributed by atoms with E-state index in [2.05, 4.69) is 4.98 Å². The lowest BCUT2D eigenvalue weighted by atomic mass is 10.2. The van der Waals surface area contributed by atoms with E-state index >= 15 is 0 Å². The van der Waals surface area contributed by atoms with E-state index in [0.29, 0.717) is 0 Å². The zero-order valence-electron chi connectivity index (χ0n) is 6.48. The van der Waals surface area contributed by atoms with Gasteiger partial charge in [-0.2, -0.15) is 0 Å². The fraction of sp³-hybridized carbons (Fsp3) is 0.286. The third kappa shape index (κ3) is 2.05. The molecule has 0 aliphatic carbocycles. The van der Waals surface area contributed by atoms with Crippen molar-refractivity contribution in [3.8, 4) is 0 Å². The molecule has 0 amide bonds.